The van der Waals surface area contributed by atoms with Gasteiger partial charge in [-0.3, -0.25) is 4.79 Å². The molecule has 0 spiro atoms. The lowest BCUT2D eigenvalue weighted by Crippen LogP contribution is -2.06. The summed E-state index contributed by atoms with van der Waals surface area (Å²) in [5.74, 6) is -0.390. The lowest BCUT2D eigenvalue weighted by atomic mass is 10.2. The average Bonchev–Trinajstić information content (AvgIpc) is 2.28. The molecule has 0 aliphatic carbocycles. The molecule has 4 nitrogen and oxygen atoms in total. The SMILES string of the molecule is CC(=O)Oc1ccc(C(=O)OCC=C(C)C)cc1. The van der Waals surface area contributed by atoms with Crippen LogP contribution in [-0.4, -0.2) is 18.5 Å². The van der Waals surface area contributed by atoms with Gasteiger partial charge in [-0.05, 0) is 44.2 Å². The molecule has 0 bridgehead atoms. The summed E-state index contributed by atoms with van der Waals surface area (Å²) < 4.78 is 9.90. The molecule has 0 radical (unpaired) electrons. The molecule has 18 heavy (non-hydrogen) atoms. The Morgan fingerprint density at radius 2 is 1.72 bits per heavy atom. The number of esters is 2. The third kappa shape index (κ3) is 4.82. The second kappa shape index (κ2) is 6.59. The summed E-state index contributed by atoms with van der Waals surface area (Å²) in [6, 6.07) is 6.23. The molecular weight excluding hydrogens is 232 g/mol. The summed E-state index contributed by atoms with van der Waals surface area (Å²) in [6.07, 6.45) is 1.82. The molecule has 0 N–H and O–H groups in total. The van der Waals surface area contributed by atoms with Gasteiger partial charge in [0.2, 0.25) is 0 Å². The van der Waals surface area contributed by atoms with Gasteiger partial charge in [-0.2, -0.15) is 0 Å². The van der Waals surface area contributed by atoms with Gasteiger partial charge in [-0.15, -0.1) is 0 Å². The molecule has 4 heteroatoms. The first-order chi connectivity index (χ1) is 8.49. The first-order valence-electron chi connectivity index (χ1n) is 5.58. The molecular formula is C14H16O4. The van der Waals surface area contributed by atoms with Crippen LogP contribution in [0.3, 0.4) is 0 Å². The van der Waals surface area contributed by atoms with E-state index in [9.17, 15) is 9.59 Å². The van der Waals surface area contributed by atoms with Crippen LogP contribution >= 0.6 is 0 Å². The largest absolute Gasteiger partial charge is 0.458 e. The van der Waals surface area contributed by atoms with Crippen molar-refractivity contribution < 1.29 is 19.1 Å². The molecule has 1 aromatic carbocycles. The van der Waals surface area contributed by atoms with E-state index in [1.807, 2.05) is 19.9 Å². The smallest absolute Gasteiger partial charge is 0.338 e. The second-order valence-corrected chi connectivity index (χ2v) is 4.00. The summed E-state index contributed by atoms with van der Waals surface area (Å²) >= 11 is 0. The van der Waals surface area contributed by atoms with E-state index < -0.39 is 11.9 Å². The zero-order chi connectivity index (χ0) is 13.5. The Balaban J connectivity index is 2.59. The normalized spacial score (nSPS) is 9.50. The van der Waals surface area contributed by atoms with Gasteiger partial charge >= 0.3 is 11.9 Å². The monoisotopic (exact) mass is 248 g/mol. The van der Waals surface area contributed by atoms with Crippen molar-refractivity contribution in [2.45, 2.75) is 20.8 Å². The molecule has 1 aromatic rings. The van der Waals surface area contributed by atoms with Crippen LogP contribution in [-0.2, 0) is 9.53 Å². The van der Waals surface area contributed by atoms with Gasteiger partial charge in [0.15, 0.2) is 0 Å². The van der Waals surface area contributed by atoms with E-state index in [4.69, 9.17) is 9.47 Å². The Morgan fingerprint density at radius 1 is 1.11 bits per heavy atom. The van der Waals surface area contributed by atoms with E-state index in [0.29, 0.717) is 11.3 Å². The first-order valence-corrected chi connectivity index (χ1v) is 5.58. The summed E-state index contributed by atoms with van der Waals surface area (Å²) in [4.78, 5) is 22.3. The van der Waals surface area contributed by atoms with Crippen molar-refractivity contribution in [3.8, 4) is 5.75 Å². The zero-order valence-corrected chi connectivity index (χ0v) is 10.7. The number of ether oxygens (including phenoxy) is 2. The molecule has 0 aromatic heterocycles. The molecule has 0 aliphatic rings. The maximum atomic E-state index is 11.6. The lowest BCUT2D eigenvalue weighted by molar-refractivity contribution is -0.131. The minimum absolute atomic E-state index is 0.257. The van der Waals surface area contributed by atoms with Crippen molar-refractivity contribution in [1.29, 1.82) is 0 Å². The van der Waals surface area contributed by atoms with Crippen molar-refractivity contribution in [2.75, 3.05) is 6.61 Å². The van der Waals surface area contributed by atoms with Crippen molar-refractivity contribution >= 4 is 11.9 Å². The maximum absolute atomic E-state index is 11.6. The molecule has 0 aliphatic heterocycles. The number of carbonyl (C=O) groups is 2. The first kappa shape index (κ1) is 14.0. The van der Waals surface area contributed by atoms with Crippen LogP contribution in [0.2, 0.25) is 0 Å². The molecule has 0 heterocycles. The Hall–Kier alpha value is -2.10. The Kier molecular flexibility index (Phi) is 5.11. The number of carbonyl (C=O) groups excluding carboxylic acids is 2. The molecule has 96 valence electrons. The maximum Gasteiger partial charge on any atom is 0.338 e. The van der Waals surface area contributed by atoms with E-state index in [1.54, 1.807) is 24.3 Å². The van der Waals surface area contributed by atoms with Gasteiger partial charge in [-0.1, -0.05) is 5.57 Å². The van der Waals surface area contributed by atoms with Crippen LogP contribution in [0.25, 0.3) is 0 Å². The Labute approximate surface area is 106 Å². The minimum atomic E-state index is -0.401. The molecule has 0 atom stereocenters. The quantitative estimate of drug-likeness (QED) is 0.467. The van der Waals surface area contributed by atoms with Crippen LogP contribution < -0.4 is 4.74 Å². The minimum Gasteiger partial charge on any atom is -0.458 e. The fourth-order valence-electron chi connectivity index (χ4n) is 1.19. The third-order valence-corrected chi connectivity index (χ3v) is 2.06. The van der Waals surface area contributed by atoms with Gasteiger partial charge in [0, 0.05) is 6.92 Å². The van der Waals surface area contributed by atoms with Crippen molar-refractivity contribution in [1.82, 2.24) is 0 Å². The number of rotatable bonds is 4. The molecule has 0 unspecified atom stereocenters. The average molecular weight is 248 g/mol. The van der Waals surface area contributed by atoms with Gasteiger partial charge in [0.05, 0.1) is 5.56 Å². The molecule has 1 rings (SSSR count). The molecule has 0 saturated heterocycles. The van der Waals surface area contributed by atoms with E-state index in [-0.39, 0.29) is 6.61 Å². The highest BCUT2D eigenvalue weighted by Gasteiger charge is 2.06. The van der Waals surface area contributed by atoms with Gasteiger partial charge in [-0.25, -0.2) is 4.79 Å². The van der Waals surface area contributed by atoms with Crippen molar-refractivity contribution in [3.63, 3.8) is 0 Å². The molecule has 0 fully saturated rings. The van der Waals surface area contributed by atoms with Crippen molar-refractivity contribution in [3.05, 3.63) is 41.5 Å². The molecule has 0 amide bonds. The Bertz CT molecular complexity index is 453. The standard InChI is InChI=1S/C14H16O4/c1-10(2)8-9-17-14(16)12-4-6-13(7-5-12)18-11(3)15/h4-8H,9H2,1-3H3. The number of hydrogen-bond donors (Lipinski definition) is 0. The topological polar surface area (TPSA) is 52.6 Å². The van der Waals surface area contributed by atoms with Gasteiger partial charge in [0.1, 0.15) is 12.4 Å². The number of allylic oxidation sites excluding steroid dienone is 1. The summed E-state index contributed by atoms with van der Waals surface area (Å²) in [5, 5.41) is 0. The summed E-state index contributed by atoms with van der Waals surface area (Å²) in [5.41, 5.74) is 1.51. The molecule has 0 saturated carbocycles. The Morgan fingerprint density at radius 3 is 2.22 bits per heavy atom. The second-order valence-electron chi connectivity index (χ2n) is 4.00. The van der Waals surface area contributed by atoms with Gasteiger partial charge in [0.25, 0.3) is 0 Å². The summed E-state index contributed by atoms with van der Waals surface area (Å²) in [6.45, 7) is 5.44. The predicted octanol–water partition coefficient (Wildman–Crippen LogP) is 2.73. The third-order valence-electron chi connectivity index (χ3n) is 2.06. The van der Waals surface area contributed by atoms with E-state index in [2.05, 4.69) is 0 Å². The fraction of sp³-hybridized carbons (Fsp3) is 0.286. The highest BCUT2D eigenvalue weighted by molar-refractivity contribution is 5.89. The lowest BCUT2D eigenvalue weighted by Gasteiger charge is -2.04. The van der Waals surface area contributed by atoms with Crippen LogP contribution in [0.5, 0.6) is 5.75 Å². The zero-order valence-electron chi connectivity index (χ0n) is 10.7. The van der Waals surface area contributed by atoms with Crippen LogP contribution in [0.4, 0.5) is 0 Å². The predicted molar refractivity (Wildman–Crippen MR) is 67.5 cm³/mol. The summed E-state index contributed by atoms with van der Waals surface area (Å²) in [7, 11) is 0. The van der Waals surface area contributed by atoms with Crippen LogP contribution in [0, 0.1) is 0 Å². The fourth-order valence-corrected chi connectivity index (χ4v) is 1.19. The highest BCUT2D eigenvalue weighted by atomic mass is 16.5. The van der Waals surface area contributed by atoms with Crippen LogP contribution in [0.15, 0.2) is 35.9 Å². The van der Waals surface area contributed by atoms with E-state index in [1.165, 1.54) is 6.92 Å². The highest BCUT2D eigenvalue weighted by Crippen LogP contribution is 2.13. The van der Waals surface area contributed by atoms with E-state index in [0.717, 1.165) is 5.57 Å². The van der Waals surface area contributed by atoms with E-state index >= 15 is 0 Å². The number of benzene rings is 1. The van der Waals surface area contributed by atoms with Gasteiger partial charge < -0.3 is 9.47 Å². The van der Waals surface area contributed by atoms with Crippen molar-refractivity contribution in [2.24, 2.45) is 0 Å². The van der Waals surface area contributed by atoms with Crippen LogP contribution in [0.1, 0.15) is 31.1 Å². The number of hydrogen-bond acceptors (Lipinski definition) is 4.